The van der Waals surface area contributed by atoms with Crippen molar-refractivity contribution in [2.45, 2.75) is 0 Å². The molecule has 0 bridgehead atoms. The molecule has 3 rings (SSSR count). The van der Waals surface area contributed by atoms with Gasteiger partial charge in [-0.2, -0.15) is 0 Å². The molecule has 0 unspecified atom stereocenters. The van der Waals surface area contributed by atoms with Crippen molar-refractivity contribution >= 4 is 34.7 Å². The van der Waals surface area contributed by atoms with Crippen LogP contribution in [0.3, 0.4) is 0 Å². The monoisotopic (exact) mass is 312 g/mol. The van der Waals surface area contributed by atoms with Crippen LogP contribution < -0.4 is 9.64 Å². The Morgan fingerprint density at radius 2 is 1.91 bits per heavy atom. The molecular formula is C16H12N2O3S. The molecule has 1 aliphatic rings. The van der Waals surface area contributed by atoms with Gasteiger partial charge in [-0.1, -0.05) is 6.07 Å². The van der Waals surface area contributed by atoms with Crippen molar-refractivity contribution < 1.29 is 14.3 Å². The summed E-state index contributed by atoms with van der Waals surface area (Å²) in [5.41, 5.74) is 1.16. The molecule has 0 aliphatic carbocycles. The van der Waals surface area contributed by atoms with Crippen LogP contribution in [0.2, 0.25) is 0 Å². The number of hydrogen-bond acceptors (Lipinski definition) is 5. The number of pyridine rings is 1. The lowest BCUT2D eigenvalue weighted by Crippen LogP contribution is -2.27. The molecule has 2 amide bonds. The third kappa shape index (κ3) is 2.73. The molecule has 0 atom stereocenters. The second kappa shape index (κ2) is 6.03. The van der Waals surface area contributed by atoms with E-state index in [1.54, 1.807) is 55.8 Å². The fourth-order valence-electron chi connectivity index (χ4n) is 2.02. The average molecular weight is 312 g/mol. The Labute approximate surface area is 131 Å². The molecule has 1 aliphatic heterocycles. The van der Waals surface area contributed by atoms with Gasteiger partial charge in [0.05, 0.1) is 23.4 Å². The summed E-state index contributed by atoms with van der Waals surface area (Å²) in [7, 11) is 1.56. The number of anilines is 1. The van der Waals surface area contributed by atoms with E-state index in [9.17, 15) is 9.59 Å². The van der Waals surface area contributed by atoms with Crippen molar-refractivity contribution in [1.82, 2.24) is 4.98 Å². The van der Waals surface area contributed by atoms with E-state index in [0.29, 0.717) is 22.0 Å². The molecule has 2 heterocycles. The summed E-state index contributed by atoms with van der Waals surface area (Å²) in [6.45, 7) is 0. The van der Waals surface area contributed by atoms with Gasteiger partial charge in [0.1, 0.15) is 5.75 Å². The molecule has 0 radical (unpaired) electrons. The molecule has 110 valence electrons. The minimum atomic E-state index is -0.342. The number of methoxy groups -OCH3 is 1. The first-order valence-corrected chi connectivity index (χ1v) is 7.34. The summed E-state index contributed by atoms with van der Waals surface area (Å²) >= 11 is 0.909. The summed E-state index contributed by atoms with van der Waals surface area (Å²) in [4.78, 5) is 30.2. The highest BCUT2D eigenvalue weighted by atomic mass is 32.2. The summed E-state index contributed by atoms with van der Waals surface area (Å²) in [6, 6.07) is 12.2. The Morgan fingerprint density at radius 3 is 2.55 bits per heavy atom. The Hall–Kier alpha value is -2.60. The molecule has 1 fully saturated rings. The first kappa shape index (κ1) is 14.3. The number of aromatic nitrogens is 1. The van der Waals surface area contributed by atoms with Gasteiger partial charge < -0.3 is 4.74 Å². The van der Waals surface area contributed by atoms with Crippen LogP contribution in [0.5, 0.6) is 5.75 Å². The first-order chi connectivity index (χ1) is 10.7. The van der Waals surface area contributed by atoms with Gasteiger partial charge in [-0.05, 0) is 54.2 Å². The van der Waals surface area contributed by atoms with E-state index < -0.39 is 0 Å². The maximum atomic E-state index is 12.4. The smallest absolute Gasteiger partial charge is 0.298 e. The van der Waals surface area contributed by atoms with Crippen LogP contribution >= 0.6 is 11.8 Å². The SMILES string of the molecule is COc1ccc(N2C(=O)S/C(=C\c3ccccn3)C2=O)cc1. The summed E-state index contributed by atoms with van der Waals surface area (Å²) in [5.74, 6) is 0.325. The van der Waals surface area contributed by atoms with Gasteiger partial charge in [0.25, 0.3) is 11.1 Å². The van der Waals surface area contributed by atoms with E-state index in [2.05, 4.69) is 4.98 Å². The molecule has 1 saturated heterocycles. The van der Waals surface area contributed by atoms with Gasteiger partial charge in [0, 0.05) is 6.20 Å². The van der Waals surface area contributed by atoms with Gasteiger partial charge in [-0.3, -0.25) is 14.6 Å². The summed E-state index contributed by atoms with van der Waals surface area (Å²) in [6.07, 6.45) is 3.26. The van der Waals surface area contributed by atoms with Crippen molar-refractivity contribution in [3.05, 3.63) is 59.3 Å². The first-order valence-electron chi connectivity index (χ1n) is 6.52. The number of carbonyl (C=O) groups excluding carboxylic acids is 2. The largest absolute Gasteiger partial charge is 0.497 e. The molecule has 2 aromatic rings. The highest BCUT2D eigenvalue weighted by Crippen LogP contribution is 2.35. The molecule has 0 saturated carbocycles. The second-order valence-electron chi connectivity index (χ2n) is 4.47. The number of thioether (sulfide) groups is 1. The zero-order valence-electron chi connectivity index (χ0n) is 11.7. The average Bonchev–Trinajstić information content (AvgIpc) is 2.82. The van der Waals surface area contributed by atoms with Crippen LogP contribution in [0.4, 0.5) is 10.5 Å². The van der Waals surface area contributed by atoms with E-state index in [1.165, 1.54) is 0 Å². The Morgan fingerprint density at radius 1 is 1.14 bits per heavy atom. The van der Waals surface area contributed by atoms with Crippen molar-refractivity contribution in [3.63, 3.8) is 0 Å². The van der Waals surface area contributed by atoms with E-state index in [0.717, 1.165) is 16.7 Å². The lowest BCUT2D eigenvalue weighted by atomic mass is 10.2. The molecule has 1 aromatic heterocycles. The fourth-order valence-corrected chi connectivity index (χ4v) is 2.84. The molecule has 1 aromatic carbocycles. The minimum Gasteiger partial charge on any atom is -0.497 e. The highest BCUT2D eigenvalue weighted by molar-refractivity contribution is 8.19. The standard InChI is InChI=1S/C16H12N2O3S/c1-21-13-7-5-12(6-8-13)18-15(19)14(22-16(18)20)10-11-4-2-3-9-17-11/h2-10H,1H3/b14-10-. The topological polar surface area (TPSA) is 59.5 Å². The van der Waals surface area contributed by atoms with Crippen LogP contribution in [0, 0.1) is 0 Å². The molecular weight excluding hydrogens is 300 g/mol. The zero-order valence-corrected chi connectivity index (χ0v) is 12.5. The van der Waals surface area contributed by atoms with Crippen molar-refractivity contribution in [2.24, 2.45) is 0 Å². The Balaban J connectivity index is 1.89. The van der Waals surface area contributed by atoms with Crippen LogP contribution in [0.15, 0.2) is 53.6 Å². The number of imide groups is 1. The minimum absolute atomic E-state index is 0.322. The van der Waals surface area contributed by atoms with E-state index >= 15 is 0 Å². The van der Waals surface area contributed by atoms with Crippen LogP contribution in [-0.4, -0.2) is 23.2 Å². The molecule has 5 nitrogen and oxygen atoms in total. The van der Waals surface area contributed by atoms with Crippen LogP contribution in [0.1, 0.15) is 5.69 Å². The second-order valence-corrected chi connectivity index (χ2v) is 5.46. The van der Waals surface area contributed by atoms with Gasteiger partial charge in [-0.25, -0.2) is 4.90 Å². The molecule has 6 heteroatoms. The van der Waals surface area contributed by atoms with Crippen molar-refractivity contribution in [3.8, 4) is 5.75 Å². The van der Waals surface area contributed by atoms with E-state index in [4.69, 9.17) is 4.74 Å². The quantitative estimate of drug-likeness (QED) is 0.814. The normalized spacial score (nSPS) is 16.4. The van der Waals surface area contributed by atoms with E-state index in [1.807, 2.05) is 6.07 Å². The maximum Gasteiger partial charge on any atom is 0.298 e. The fraction of sp³-hybridized carbons (Fsp3) is 0.0625. The predicted octanol–water partition coefficient (Wildman–Crippen LogP) is 3.33. The summed E-state index contributed by atoms with van der Waals surface area (Å²) in [5, 5.41) is -0.322. The number of carbonyl (C=O) groups is 2. The maximum absolute atomic E-state index is 12.4. The van der Waals surface area contributed by atoms with E-state index in [-0.39, 0.29) is 11.1 Å². The molecule has 0 spiro atoms. The van der Waals surface area contributed by atoms with Crippen LogP contribution in [-0.2, 0) is 4.79 Å². The van der Waals surface area contributed by atoms with Crippen LogP contribution in [0.25, 0.3) is 6.08 Å². The number of benzene rings is 1. The number of hydrogen-bond donors (Lipinski definition) is 0. The third-order valence-corrected chi connectivity index (χ3v) is 3.96. The Bertz CT molecular complexity index is 742. The van der Waals surface area contributed by atoms with Gasteiger partial charge in [-0.15, -0.1) is 0 Å². The number of amides is 2. The van der Waals surface area contributed by atoms with Gasteiger partial charge in [0.15, 0.2) is 0 Å². The lowest BCUT2D eigenvalue weighted by molar-refractivity contribution is -0.113. The van der Waals surface area contributed by atoms with Gasteiger partial charge >= 0.3 is 0 Å². The number of nitrogens with zero attached hydrogens (tertiary/aromatic N) is 2. The number of ether oxygens (including phenoxy) is 1. The zero-order chi connectivity index (χ0) is 15.5. The third-order valence-electron chi connectivity index (χ3n) is 3.09. The highest BCUT2D eigenvalue weighted by Gasteiger charge is 2.36. The summed E-state index contributed by atoms with van der Waals surface area (Å²) < 4.78 is 5.07. The molecule has 0 N–H and O–H groups in total. The van der Waals surface area contributed by atoms with Crippen molar-refractivity contribution in [1.29, 1.82) is 0 Å². The Kier molecular flexibility index (Phi) is 3.93. The molecule has 22 heavy (non-hydrogen) atoms. The van der Waals surface area contributed by atoms with Crippen molar-refractivity contribution in [2.75, 3.05) is 12.0 Å². The number of rotatable bonds is 3. The van der Waals surface area contributed by atoms with Gasteiger partial charge in [0.2, 0.25) is 0 Å². The lowest BCUT2D eigenvalue weighted by Gasteiger charge is -2.12. The predicted molar refractivity (Wildman–Crippen MR) is 85.7 cm³/mol.